The van der Waals surface area contributed by atoms with Crippen molar-refractivity contribution >= 4 is 44.7 Å². The molecule has 7 heteroatoms. The molecule has 2 heterocycles. The normalized spacial score (nSPS) is 10.8. The van der Waals surface area contributed by atoms with Crippen molar-refractivity contribution in [3.8, 4) is 0 Å². The summed E-state index contributed by atoms with van der Waals surface area (Å²) in [5.74, 6) is -0.118. The molecule has 0 radical (unpaired) electrons. The quantitative estimate of drug-likeness (QED) is 0.521. The number of fused-ring (bicyclic) bond motifs is 1. The molecule has 0 aliphatic carbocycles. The number of para-hydroxylation sites is 2. The molecule has 0 bridgehead atoms. The molecule has 1 N–H and O–H groups in total. The third-order valence-electron chi connectivity index (χ3n) is 4.50. The fraction of sp³-hybridized carbons (Fsp3) is 0.0952. The maximum atomic E-state index is 13.9. The van der Waals surface area contributed by atoms with E-state index in [-0.39, 0.29) is 11.6 Å². The Morgan fingerprint density at radius 1 is 1.07 bits per heavy atom. The SMILES string of the molecule is Cc1c(C(=O)Nc2ccccc2F)sc2ncnc(N(C)c3ccccc3)c12. The van der Waals surface area contributed by atoms with Crippen LogP contribution in [0.1, 0.15) is 15.2 Å². The van der Waals surface area contributed by atoms with Crippen molar-refractivity contribution in [1.82, 2.24) is 9.97 Å². The number of hydrogen-bond acceptors (Lipinski definition) is 5. The maximum Gasteiger partial charge on any atom is 0.266 e. The van der Waals surface area contributed by atoms with Crippen LogP contribution in [0, 0.1) is 12.7 Å². The fourth-order valence-electron chi connectivity index (χ4n) is 3.04. The fourth-order valence-corrected chi connectivity index (χ4v) is 4.08. The Bertz CT molecular complexity index is 1160. The van der Waals surface area contributed by atoms with Gasteiger partial charge in [0, 0.05) is 12.7 Å². The van der Waals surface area contributed by atoms with Gasteiger partial charge in [0.05, 0.1) is 16.0 Å². The molecule has 0 saturated carbocycles. The van der Waals surface area contributed by atoms with Gasteiger partial charge in [0.15, 0.2) is 0 Å². The van der Waals surface area contributed by atoms with Gasteiger partial charge in [-0.25, -0.2) is 14.4 Å². The first-order valence-corrected chi connectivity index (χ1v) is 9.46. The maximum absolute atomic E-state index is 13.9. The molecule has 1 amide bonds. The third-order valence-corrected chi connectivity index (χ3v) is 5.69. The first-order chi connectivity index (χ1) is 13.6. The number of nitrogens with zero attached hydrogens (tertiary/aromatic N) is 3. The molecule has 28 heavy (non-hydrogen) atoms. The Kier molecular flexibility index (Phi) is 4.75. The van der Waals surface area contributed by atoms with Gasteiger partial charge in [-0.2, -0.15) is 0 Å². The number of carbonyl (C=O) groups is 1. The van der Waals surface area contributed by atoms with E-state index in [1.54, 1.807) is 12.1 Å². The molecule has 0 aliphatic rings. The summed E-state index contributed by atoms with van der Waals surface area (Å²) in [5.41, 5.74) is 1.90. The van der Waals surface area contributed by atoms with Crippen molar-refractivity contribution in [2.45, 2.75) is 6.92 Å². The Morgan fingerprint density at radius 3 is 2.54 bits per heavy atom. The zero-order valence-electron chi connectivity index (χ0n) is 15.3. The summed E-state index contributed by atoms with van der Waals surface area (Å²) in [6, 6.07) is 15.9. The molecule has 140 valence electrons. The molecular weight excluding hydrogens is 375 g/mol. The van der Waals surface area contributed by atoms with Gasteiger partial charge in [-0.1, -0.05) is 30.3 Å². The smallest absolute Gasteiger partial charge is 0.266 e. The van der Waals surface area contributed by atoms with Crippen molar-refractivity contribution in [2.75, 3.05) is 17.3 Å². The molecule has 0 spiro atoms. The number of aryl methyl sites for hydroxylation is 1. The number of thiophene rings is 1. The van der Waals surface area contributed by atoms with Crippen molar-refractivity contribution in [3.05, 3.63) is 77.2 Å². The van der Waals surface area contributed by atoms with Gasteiger partial charge < -0.3 is 10.2 Å². The second-order valence-corrected chi connectivity index (χ2v) is 7.26. The lowest BCUT2D eigenvalue weighted by molar-refractivity contribution is 0.102. The summed E-state index contributed by atoms with van der Waals surface area (Å²) in [4.78, 5) is 24.7. The molecule has 0 fully saturated rings. The van der Waals surface area contributed by atoms with Crippen LogP contribution in [0.2, 0.25) is 0 Å². The molecule has 0 unspecified atom stereocenters. The molecule has 0 aliphatic heterocycles. The van der Waals surface area contributed by atoms with E-state index in [2.05, 4.69) is 15.3 Å². The highest BCUT2D eigenvalue weighted by molar-refractivity contribution is 7.20. The first-order valence-electron chi connectivity index (χ1n) is 8.65. The summed E-state index contributed by atoms with van der Waals surface area (Å²) in [6.45, 7) is 1.86. The highest BCUT2D eigenvalue weighted by Crippen LogP contribution is 2.37. The summed E-state index contributed by atoms with van der Waals surface area (Å²) in [5, 5.41) is 3.46. The minimum absolute atomic E-state index is 0.150. The van der Waals surface area contributed by atoms with E-state index in [1.807, 2.05) is 49.2 Å². The van der Waals surface area contributed by atoms with Gasteiger partial charge >= 0.3 is 0 Å². The van der Waals surface area contributed by atoms with E-state index in [1.165, 1.54) is 29.8 Å². The summed E-state index contributed by atoms with van der Waals surface area (Å²) in [7, 11) is 1.92. The Morgan fingerprint density at radius 2 is 1.79 bits per heavy atom. The minimum atomic E-state index is -0.473. The van der Waals surface area contributed by atoms with E-state index >= 15 is 0 Å². The van der Waals surface area contributed by atoms with Crippen molar-refractivity contribution < 1.29 is 9.18 Å². The molecule has 5 nitrogen and oxygen atoms in total. The molecule has 4 aromatic rings. The standard InChI is InChI=1S/C21H17FN4OS/c1-13-17-19(26(2)14-8-4-3-5-9-14)23-12-24-21(17)28-18(13)20(27)25-16-11-7-6-10-15(16)22/h3-12H,1-2H3,(H,25,27). The average molecular weight is 392 g/mol. The molecule has 4 rings (SSSR count). The summed E-state index contributed by atoms with van der Waals surface area (Å²) in [6.07, 6.45) is 1.49. The van der Waals surface area contributed by atoms with Gasteiger partial charge in [0.1, 0.15) is 22.8 Å². The number of anilines is 3. The number of benzene rings is 2. The van der Waals surface area contributed by atoms with Crippen LogP contribution in [0.3, 0.4) is 0 Å². The molecule has 2 aromatic carbocycles. The summed E-state index contributed by atoms with van der Waals surface area (Å²) >= 11 is 1.27. The Labute approximate surface area is 165 Å². The second kappa shape index (κ2) is 7.36. The highest BCUT2D eigenvalue weighted by Gasteiger charge is 2.22. The zero-order chi connectivity index (χ0) is 19.7. The van der Waals surface area contributed by atoms with E-state index in [0.29, 0.717) is 9.71 Å². The lowest BCUT2D eigenvalue weighted by atomic mass is 10.1. The lowest BCUT2D eigenvalue weighted by Crippen LogP contribution is -2.13. The predicted molar refractivity (Wildman–Crippen MR) is 111 cm³/mol. The van der Waals surface area contributed by atoms with Crippen LogP contribution >= 0.6 is 11.3 Å². The third kappa shape index (κ3) is 3.20. The first kappa shape index (κ1) is 18.1. The number of rotatable bonds is 4. The minimum Gasteiger partial charge on any atom is -0.329 e. The molecular formula is C21H17FN4OS. The van der Waals surface area contributed by atoms with Crippen molar-refractivity contribution in [1.29, 1.82) is 0 Å². The number of aromatic nitrogens is 2. The van der Waals surface area contributed by atoms with Crippen LogP contribution in [-0.4, -0.2) is 22.9 Å². The Balaban J connectivity index is 1.75. The molecule has 2 aromatic heterocycles. The van der Waals surface area contributed by atoms with Gasteiger partial charge in [-0.3, -0.25) is 4.79 Å². The number of carbonyl (C=O) groups excluding carboxylic acids is 1. The van der Waals surface area contributed by atoms with E-state index in [9.17, 15) is 9.18 Å². The number of hydrogen-bond donors (Lipinski definition) is 1. The van der Waals surface area contributed by atoms with Gasteiger partial charge in [-0.05, 0) is 36.8 Å². The number of nitrogens with one attached hydrogen (secondary N) is 1. The topological polar surface area (TPSA) is 58.1 Å². The number of amides is 1. The molecule has 0 saturated heterocycles. The van der Waals surface area contributed by atoms with Crippen LogP contribution < -0.4 is 10.2 Å². The van der Waals surface area contributed by atoms with Gasteiger partial charge in [0.2, 0.25) is 0 Å². The van der Waals surface area contributed by atoms with Crippen molar-refractivity contribution in [2.24, 2.45) is 0 Å². The van der Waals surface area contributed by atoms with Gasteiger partial charge in [-0.15, -0.1) is 11.3 Å². The van der Waals surface area contributed by atoms with Crippen LogP contribution in [0.25, 0.3) is 10.2 Å². The van der Waals surface area contributed by atoms with Crippen LogP contribution in [0.5, 0.6) is 0 Å². The van der Waals surface area contributed by atoms with E-state index < -0.39 is 5.82 Å². The molecule has 0 atom stereocenters. The number of halogens is 1. The zero-order valence-corrected chi connectivity index (χ0v) is 16.1. The van der Waals surface area contributed by atoms with Crippen LogP contribution in [0.4, 0.5) is 21.6 Å². The van der Waals surface area contributed by atoms with E-state index in [0.717, 1.165) is 22.5 Å². The van der Waals surface area contributed by atoms with Gasteiger partial charge in [0.25, 0.3) is 5.91 Å². The summed E-state index contributed by atoms with van der Waals surface area (Å²) < 4.78 is 13.9. The highest BCUT2D eigenvalue weighted by atomic mass is 32.1. The van der Waals surface area contributed by atoms with Crippen LogP contribution in [0.15, 0.2) is 60.9 Å². The largest absolute Gasteiger partial charge is 0.329 e. The van der Waals surface area contributed by atoms with Crippen LogP contribution in [-0.2, 0) is 0 Å². The lowest BCUT2D eigenvalue weighted by Gasteiger charge is -2.19. The second-order valence-electron chi connectivity index (χ2n) is 6.26. The predicted octanol–water partition coefficient (Wildman–Crippen LogP) is 5.16. The monoisotopic (exact) mass is 392 g/mol. The van der Waals surface area contributed by atoms with Crippen molar-refractivity contribution in [3.63, 3.8) is 0 Å². The Hall–Kier alpha value is -3.32. The van der Waals surface area contributed by atoms with E-state index in [4.69, 9.17) is 0 Å². The average Bonchev–Trinajstić information content (AvgIpc) is 3.07.